The highest BCUT2D eigenvalue weighted by atomic mass is 16.3. The van der Waals surface area contributed by atoms with Gasteiger partial charge >= 0.3 is 0 Å². The minimum atomic E-state index is 0.0165. The molecule has 1 aromatic rings. The highest BCUT2D eigenvalue weighted by Gasteiger charge is 2.01. The van der Waals surface area contributed by atoms with Gasteiger partial charge in [0.15, 0.2) is 0 Å². The summed E-state index contributed by atoms with van der Waals surface area (Å²) < 4.78 is 0. The summed E-state index contributed by atoms with van der Waals surface area (Å²) in [4.78, 5) is 11.3. The number of hydrogen-bond donors (Lipinski definition) is 2. The van der Waals surface area contributed by atoms with Gasteiger partial charge in [-0.2, -0.15) is 0 Å². The van der Waals surface area contributed by atoms with Crippen LogP contribution < -0.4 is 5.32 Å². The van der Waals surface area contributed by atoms with Gasteiger partial charge in [0.05, 0.1) is 0 Å². The molecule has 0 radical (unpaired) electrons. The molecular formula is C15H23NO2. The zero-order valence-corrected chi connectivity index (χ0v) is 11.3. The molecule has 0 bridgehead atoms. The molecule has 1 amide bonds. The monoisotopic (exact) mass is 249 g/mol. The van der Waals surface area contributed by atoms with E-state index in [1.54, 1.807) is 0 Å². The van der Waals surface area contributed by atoms with Gasteiger partial charge in [-0.25, -0.2) is 0 Å². The molecule has 3 heteroatoms. The van der Waals surface area contributed by atoms with Crippen LogP contribution in [0.25, 0.3) is 0 Å². The SMILES string of the molecule is CC(C)c1ccc(CCNC(=O)CCCO)cc1. The van der Waals surface area contributed by atoms with Gasteiger partial charge in [-0.1, -0.05) is 38.1 Å². The first-order valence-corrected chi connectivity index (χ1v) is 6.60. The van der Waals surface area contributed by atoms with Gasteiger partial charge in [0.25, 0.3) is 0 Å². The quantitative estimate of drug-likeness (QED) is 0.778. The van der Waals surface area contributed by atoms with E-state index in [0.717, 1.165) is 6.42 Å². The van der Waals surface area contributed by atoms with Gasteiger partial charge < -0.3 is 10.4 Å². The summed E-state index contributed by atoms with van der Waals surface area (Å²) in [5.74, 6) is 0.570. The van der Waals surface area contributed by atoms with Crippen molar-refractivity contribution in [2.45, 2.75) is 39.0 Å². The van der Waals surface area contributed by atoms with E-state index in [2.05, 4.69) is 43.4 Å². The normalized spacial score (nSPS) is 10.7. The van der Waals surface area contributed by atoms with Crippen LogP contribution in [-0.4, -0.2) is 24.2 Å². The Labute approximate surface area is 109 Å². The minimum Gasteiger partial charge on any atom is -0.396 e. The standard InChI is InChI=1S/C15H23NO2/c1-12(2)14-7-5-13(6-8-14)9-10-16-15(18)4-3-11-17/h5-8,12,17H,3-4,9-11H2,1-2H3,(H,16,18). The van der Waals surface area contributed by atoms with E-state index < -0.39 is 0 Å². The number of carbonyl (C=O) groups is 1. The first-order valence-electron chi connectivity index (χ1n) is 6.60. The van der Waals surface area contributed by atoms with Crippen LogP contribution in [-0.2, 0) is 11.2 Å². The van der Waals surface area contributed by atoms with Crippen LogP contribution in [0.3, 0.4) is 0 Å². The Bertz CT molecular complexity index is 357. The molecule has 1 rings (SSSR count). The number of hydrogen-bond acceptors (Lipinski definition) is 2. The molecule has 0 fully saturated rings. The largest absolute Gasteiger partial charge is 0.396 e. The molecule has 3 nitrogen and oxygen atoms in total. The molecule has 0 atom stereocenters. The predicted octanol–water partition coefficient (Wildman–Crippen LogP) is 2.24. The molecule has 0 aromatic heterocycles. The van der Waals surface area contributed by atoms with Crippen LogP contribution in [0.4, 0.5) is 0 Å². The van der Waals surface area contributed by atoms with Crippen LogP contribution in [0.5, 0.6) is 0 Å². The minimum absolute atomic E-state index is 0.0165. The van der Waals surface area contributed by atoms with E-state index in [9.17, 15) is 4.79 Å². The Morgan fingerprint density at radius 1 is 1.28 bits per heavy atom. The maximum Gasteiger partial charge on any atom is 0.220 e. The Hall–Kier alpha value is -1.35. The summed E-state index contributed by atoms with van der Waals surface area (Å²) >= 11 is 0. The molecular weight excluding hydrogens is 226 g/mol. The van der Waals surface area contributed by atoms with Crippen molar-refractivity contribution in [2.75, 3.05) is 13.2 Å². The first-order chi connectivity index (χ1) is 8.63. The van der Waals surface area contributed by atoms with Crippen molar-refractivity contribution in [3.63, 3.8) is 0 Å². The molecule has 100 valence electrons. The number of rotatable bonds is 7. The van der Waals surface area contributed by atoms with Crippen molar-refractivity contribution >= 4 is 5.91 Å². The topological polar surface area (TPSA) is 49.3 Å². The molecule has 0 aliphatic rings. The Morgan fingerprint density at radius 3 is 2.50 bits per heavy atom. The molecule has 0 heterocycles. The summed E-state index contributed by atoms with van der Waals surface area (Å²) in [6.07, 6.45) is 1.79. The summed E-state index contributed by atoms with van der Waals surface area (Å²) in [6, 6.07) is 8.53. The number of amides is 1. The van der Waals surface area contributed by atoms with Crippen molar-refractivity contribution in [3.8, 4) is 0 Å². The van der Waals surface area contributed by atoms with Crippen LogP contribution in [0.1, 0.15) is 43.7 Å². The summed E-state index contributed by atoms with van der Waals surface area (Å²) in [6.45, 7) is 5.09. The Kier molecular flexibility index (Phi) is 6.44. The van der Waals surface area contributed by atoms with Gasteiger partial charge in [0.2, 0.25) is 5.91 Å². The fraction of sp³-hybridized carbons (Fsp3) is 0.533. The lowest BCUT2D eigenvalue weighted by molar-refractivity contribution is -0.121. The maximum absolute atomic E-state index is 11.3. The summed E-state index contributed by atoms with van der Waals surface area (Å²) in [7, 11) is 0. The summed E-state index contributed by atoms with van der Waals surface area (Å²) in [5, 5.41) is 11.5. The second-order valence-electron chi connectivity index (χ2n) is 4.82. The van der Waals surface area contributed by atoms with Crippen molar-refractivity contribution in [3.05, 3.63) is 35.4 Å². The molecule has 2 N–H and O–H groups in total. The van der Waals surface area contributed by atoms with E-state index in [4.69, 9.17) is 5.11 Å². The number of nitrogens with one attached hydrogen (secondary N) is 1. The molecule has 1 aromatic carbocycles. The lowest BCUT2D eigenvalue weighted by atomic mass is 10.0. The van der Waals surface area contributed by atoms with Gasteiger partial charge in [0, 0.05) is 19.6 Å². The van der Waals surface area contributed by atoms with E-state index >= 15 is 0 Å². The Balaban J connectivity index is 2.29. The van der Waals surface area contributed by atoms with Crippen LogP contribution in [0, 0.1) is 0 Å². The second kappa shape index (κ2) is 7.88. The van der Waals surface area contributed by atoms with Crippen LogP contribution in [0.2, 0.25) is 0 Å². The number of benzene rings is 1. The van der Waals surface area contributed by atoms with E-state index in [0.29, 0.717) is 25.3 Å². The molecule has 0 saturated carbocycles. The number of carbonyl (C=O) groups excluding carboxylic acids is 1. The lowest BCUT2D eigenvalue weighted by Gasteiger charge is -2.08. The third-order valence-electron chi connectivity index (χ3n) is 2.94. The highest BCUT2D eigenvalue weighted by Crippen LogP contribution is 2.14. The molecule has 0 spiro atoms. The summed E-state index contributed by atoms with van der Waals surface area (Å²) in [5.41, 5.74) is 2.58. The van der Waals surface area contributed by atoms with Gasteiger partial charge in [-0.3, -0.25) is 4.79 Å². The van der Waals surface area contributed by atoms with Crippen molar-refractivity contribution < 1.29 is 9.90 Å². The molecule has 0 aliphatic heterocycles. The zero-order valence-electron chi connectivity index (χ0n) is 11.3. The van der Waals surface area contributed by atoms with Gasteiger partial charge in [-0.05, 0) is 29.9 Å². The van der Waals surface area contributed by atoms with Crippen molar-refractivity contribution in [1.82, 2.24) is 5.32 Å². The van der Waals surface area contributed by atoms with Crippen molar-refractivity contribution in [2.24, 2.45) is 0 Å². The number of aliphatic hydroxyl groups is 1. The molecule has 0 unspecified atom stereocenters. The van der Waals surface area contributed by atoms with Gasteiger partial charge in [-0.15, -0.1) is 0 Å². The van der Waals surface area contributed by atoms with Crippen LogP contribution in [0.15, 0.2) is 24.3 Å². The van der Waals surface area contributed by atoms with Crippen LogP contribution >= 0.6 is 0 Å². The fourth-order valence-electron chi connectivity index (χ4n) is 1.74. The first kappa shape index (κ1) is 14.7. The third-order valence-corrected chi connectivity index (χ3v) is 2.94. The predicted molar refractivity (Wildman–Crippen MR) is 73.6 cm³/mol. The van der Waals surface area contributed by atoms with E-state index in [1.165, 1.54) is 11.1 Å². The third kappa shape index (κ3) is 5.32. The zero-order chi connectivity index (χ0) is 13.4. The molecule has 0 saturated heterocycles. The highest BCUT2D eigenvalue weighted by molar-refractivity contribution is 5.75. The maximum atomic E-state index is 11.3. The smallest absolute Gasteiger partial charge is 0.220 e. The number of aliphatic hydroxyl groups excluding tert-OH is 1. The average molecular weight is 249 g/mol. The molecule has 0 aliphatic carbocycles. The Morgan fingerprint density at radius 2 is 1.94 bits per heavy atom. The van der Waals surface area contributed by atoms with Crippen molar-refractivity contribution in [1.29, 1.82) is 0 Å². The van der Waals surface area contributed by atoms with Gasteiger partial charge in [0.1, 0.15) is 0 Å². The average Bonchev–Trinajstić information content (AvgIpc) is 2.37. The van der Waals surface area contributed by atoms with E-state index in [-0.39, 0.29) is 12.5 Å². The second-order valence-corrected chi connectivity index (χ2v) is 4.82. The fourth-order valence-corrected chi connectivity index (χ4v) is 1.74. The van der Waals surface area contributed by atoms with E-state index in [1.807, 2.05) is 0 Å². The lowest BCUT2D eigenvalue weighted by Crippen LogP contribution is -2.25. The molecule has 18 heavy (non-hydrogen) atoms.